The van der Waals surface area contributed by atoms with Gasteiger partial charge >= 0.3 is 0 Å². The summed E-state index contributed by atoms with van der Waals surface area (Å²) in [7, 11) is 0. The number of hydrogen-bond acceptors (Lipinski definition) is 2. The molecule has 1 fully saturated rings. The molecule has 2 heteroatoms. The standard InChI is InChI=1S/C16H34N2/c1-6-15-10-8-12-18(13-15)14(2)9-7-11-17-16(3,4)5/h14-15,17H,6-13H2,1-5H3. The van der Waals surface area contributed by atoms with Gasteiger partial charge in [-0.05, 0) is 72.4 Å². The molecule has 0 aliphatic carbocycles. The maximum atomic E-state index is 3.58. The van der Waals surface area contributed by atoms with Gasteiger partial charge in [-0.1, -0.05) is 13.3 Å². The Morgan fingerprint density at radius 1 is 1.33 bits per heavy atom. The molecule has 2 atom stereocenters. The van der Waals surface area contributed by atoms with Crippen molar-refractivity contribution in [2.45, 2.75) is 78.3 Å². The van der Waals surface area contributed by atoms with Gasteiger partial charge in [-0.3, -0.25) is 0 Å². The summed E-state index contributed by atoms with van der Waals surface area (Å²) in [5, 5.41) is 3.58. The van der Waals surface area contributed by atoms with Gasteiger partial charge in [0.1, 0.15) is 0 Å². The van der Waals surface area contributed by atoms with Crippen molar-refractivity contribution < 1.29 is 0 Å². The van der Waals surface area contributed by atoms with E-state index in [1.165, 1.54) is 45.2 Å². The summed E-state index contributed by atoms with van der Waals surface area (Å²) in [4.78, 5) is 2.72. The molecule has 0 bridgehead atoms. The van der Waals surface area contributed by atoms with Crippen molar-refractivity contribution in [3.8, 4) is 0 Å². The first-order valence-corrected chi connectivity index (χ1v) is 7.91. The summed E-state index contributed by atoms with van der Waals surface area (Å²) in [5.74, 6) is 0.953. The Kier molecular flexibility index (Phi) is 6.65. The lowest BCUT2D eigenvalue weighted by atomic mass is 9.94. The lowest BCUT2D eigenvalue weighted by Gasteiger charge is -2.36. The average molecular weight is 254 g/mol. The van der Waals surface area contributed by atoms with E-state index >= 15 is 0 Å². The zero-order chi connectivity index (χ0) is 13.6. The van der Waals surface area contributed by atoms with Crippen LogP contribution in [-0.4, -0.2) is 36.1 Å². The Morgan fingerprint density at radius 3 is 2.67 bits per heavy atom. The molecule has 1 N–H and O–H groups in total. The number of nitrogens with one attached hydrogen (secondary N) is 1. The third-order valence-electron chi connectivity index (χ3n) is 4.21. The maximum absolute atomic E-state index is 3.58. The molecule has 0 saturated carbocycles. The van der Waals surface area contributed by atoms with E-state index in [0.29, 0.717) is 0 Å². The van der Waals surface area contributed by atoms with Gasteiger partial charge in [0.05, 0.1) is 0 Å². The Morgan fingerprint density at radius 2 is 2.06 bits per heavy atom. The normalized spacial score (nSPS) is 24.2. The summed E-state index contributed by atoms with van der Waals surface area (Å²) < 4.78 is 0. The van der Waals surface area contributed by atoms with Gasteiger partial charge in [0.15, 0.2) is 0 Å². The second-order valence-corrected chi connectivity index (χ2v) is 7.08. The first kappa shape index (κ1) is 16.0. The van der Waals surface area contributed by atoms with Crippen LogP contribution in [-0.2, 0) is 0 Å². The molecule has 1 rings (SSSR count). The predicted octanol–water partition coefficient (Wildman–Crippen LogP) is 3.67. The number of hydrogen-bond donors (Lipinski definition) is 1. The highest BCUT2D eigenvalue weighted by Crippen LogP contribution is 2.22. The Labute approximate surface area is 115 Å². The molecule has 0 aromatic heterocycles. The minimum absolute atomic E-state index is 0.266. The highest BCUT2D eigenvalue weighted by molar-refractivity contribution is 4.77. The smallest absolute Gasteiger partial charge is 0.00965 e. The molecule has 0 amide bonds. The molecule has 2 unspecified atom stereocenters. The minimum atomic E-state index is 0.266. The quantitative estimate of drug-likeness (QED) is 0.728. The van der Waals surface area contributed by atoms with E-state index in [1.807, 2.05) is 0 Å². The molecule has 0 aromatic carbocycles. The van der Waals surface area contributed by atoms with Crippen molar-refractivity contribution >= 4 is 0 Å². The van der Waals surface area contributed by atoms with Crippen LogP contribution in [0.5, 0.6) is 0 Å². The first-order valence-electron chi connectivity index (χ1n) is 7.91. The van der Waals surface area contributed by atoms with Crippen molar-refractivity contribution in [2.24, 2.45) is 5.92 Å². The van der Waals surface area contributed by atoms with Gasteiger partial charge in [0.25, 0.3) is 0 Å². The molecule has 1 saturated heterocycles. The minimum Gasteiger partial charge on any atom is -0.312 e. The first-order chi connectivity index (χ1) is 8.42. The summed E-state index contributed by atoms with van der Waals surface area (Å²) in [6.45, 7) is 15.3. The Bertz CT molecular complexity index is 220. The van der Waals surface area contributed by atoms with Crippen LogP contribution in [0.3, 0.4) is 0 Å². The molecule has 18 heavy (non-hydrogen) atoms. The van der Waals surface area contributed by atoms with E-state index in [1.54, 1.807) is 0 Å². The maximum Gasteiger partial charge on any atom is 0.00965 e. The van der Waals surface area contributed by atoms with Gasteiger partial charge in [-0.15, -0.1) is 0 Å². The van der Waals surface area contributed by atoms with Gasteiger partial charge in [-0.25, -0.2) is 0 Å². The van der Waals surface area contributed by atoms with Crippen molar-refractivity contribution in [2.75, 3.05) is 19.6 Å². The van der Waals surface area contributed by atoms with E-state index < -0.39 is 0 Å². The molecule has 0 aromatic rings. The lowest BCUT2D eigenvalue weighted by molar-refractivity contribution is 0.122. The Balaban J connectivity index is 2.17. The fourth-order valence-electron chi connectivity index (χ4n) is 2.87. The molecule has 1 heterocycles. The van der Waals surface area contributed by atoms with Crippen molar-refractivity contribution in [3.05, 3.63) is 0 Å². The number of nitrogens with zero attached hydrogens (tertiary/aromatic N) is 1. The van der Waals surface area contributed by atoms with E-state index in [-0.39, 0.29) is 5.54 Å². The third-order valence-corrected chi connectivity index (χ3v) is 4.21. The SMILES string of the molecule is CCC1CCCN(C(C)CCCNC(C)(C)C)C1. The Hall–Kier alpha value is -0.0800. The van der Waals surface area contributed by atoms with Crippen LogP contribution < -0.4 is 5.32 Å². The van der Waals surface area contributed by atoms with E-state index in [0.717, 1.165) is 18.5 Å². The second-order valence-electron chi connectivity index (χ2n) is 7.08. The molecule has 2 nitrogen and oxygen atoms in total. The van der Waals surface area contributed by atoms with E-state index in [9.17, 15) is 0 Å². The molecular weight excluding hydrogens is 220 g/mol. The third kappa shape index (κ3) is 6.19. The van der Waals surface area contributed by atoms with Crippen molar-refractivity contribution in [1.82, 2.24) is 10.2 Å². The average Bonchev–Trinajstić information content (AvgIpc) is 2.33. The monoisotopic (exact) mass is 254 g/mol. The molecule has 1 aliphatic rings. The second kappa shape index (κ2) is 7.49. The van der Waals surface area contributed by atoms with Gasteiger partial charge in [-0.2, -0.15) is 0 Å². The fraction of sp³-hybridized carbons (Fsp3) is 1.00. The highest BCUT2D eigenvalue weighted by Gasteiger charge is 2.22. The molecule has 1 aliphatic heterocycles. The van der Waals surface area contributed by atoms with Gasteiger partial charge in [0.2, 0.25) is 0 Å². The van der Waals surface area contributed by atoms with Crippen molar-refractivity contribution in [1.29, 1.82) is 0 Å². The number of piperidine rings is 1. The van der Waals surface area contributed by atoms with Crippen LogP contribution in [0.2, 0.25) is 0 Å². The van der Waals surface area contributed by atoms with Crippen LogP contribution >= 0.6 is 0 Å². The molecule has 0 spiro atoms. The van der Waals surface area contributed by atoms with Crippen LogP contribution in [0.15, 0.2) is 0 Å². The van der Waals surface area contributed by atoms with Gasteiger partial charge < -0.3 is 10.2 Å². The molecule has 0 radical (unpaired) electrons. The summed E-state index contributed by atoms with van der Waals surface area (Å²) in [6.07, 6.45) is 6.84. The van der Waals surface area contributed by atoms with Gasteiger partial charge in [0, 0.05) is 18.1 Å². The number of rotatable bonds is 6. The van der Waals surface area contributed by atoms with Crippen LogP contribution in [0, 0.1) is 5.92 Å². The molecule has 108 valence electrons. The molecular formula is C16H34N2. The summed E-state index contributed by atoms with van der Waals surface area (Å²) >= 11 is 0. The zero-order valence-electron chi connectivity index (χ0n) is 13.3. The lowest BCUT2D eigenvalue weighted by Crippen LogP contribution is -2.42. The van der Waals surface area contributed by atoms with Crippen LogP contribution in [0.4, 0.5) is 0 Å². The summed E-state index contributed by atoms with van der Waals surface area (Å²) in [5.41, 5.74) is 0.266. The summed E-state index contributed by atoms with van der Waals surface area (Å²) in [6, 6.07) is 0.765. The topological polar surface area (TPSA) is 15.3 Å². The highest BCUT2D eigenvalue weighted by atomic mass is 15.2. The van der Waals surface area contributed by atoms with E-state index in [4.69, 9.17) is 0 Å². The predicted molar refractivity (Wildman–Crippen MR) is 81.0 cm³/mol. The van der Waals surface area contributed by atoms with E-state index in [2.05, 4.69) is 44.8 Å². The zero-order valence-corrected chi connectivity index (χ0v) is 13.3. The largest absolute Gasteiger partial charge is 0.312 e. The van der Waals surface area contributed by atoms with Crippen LogP contribution in [0.25, 0.3) is 0 Å². The number of likely N-dealkylation sites (tertiary alicyclic amines) is 1. The van der Waals surface area contributed by atoms with Crippen molar-refractivity contribution in [3.63, 3.8) is 0 Å². The fourth-order valence-corrected chi connectivity index (χ4v) is 2.87. The van der Waals surface area contributed by atoms with Crippen LogP contribution in [0.1, 0.15) is 66.7 Å².